The number of halogens is 1. The summed E-state index contributed by atoms with van der Waals surface area (Å²) >= 11 is 6.38. The molecule has 1 saturated heterocycles. The summed E-state index contributed by atoms with van der Waals surface area (Å²) in [6, 6.07) is 10.8. The van der Waals surface area contributed by atoms with Gasteiger partial charge in [-0.3, -0.25) is 9.36 Å². The Morgan fingerprint density at radius 2 is 1.92 bits per heavy atom. The maximum Gasteiger partial charge on any atom is 0.284 e. The van der Waals surface area contributed by atoms with Crippen molar-refractivity contribution in [3.8, 4) is 5.69 Å². The Bertz CT molecular complexity index is 1590. The lowest BCUT2D eigenvalue weighted by Gasteiger charge is -2.27. The number of hydrogen-bond donors (Lipinski definition) is 1. The molecule has 38 heavy (non-hydrogen) atoms. The highest BCUT2D eigenvalue weighted by molar-refractivity contribution is 7.59. The number of rotatable bonds is 7. The van der Waals surface area contributed by atoms with Gasteiger partial charge >= 0.3 is 0 Å². The van der Waals surface area contributed by atoms with E-state index in [1.807, 2.05) is 30.3 Å². The predicted octanol–water partition coefficient (Wildman–Crippen LogP) is 3.01. The van der Waals surface area contributed by atoms with Crippen molar-refractivity contribution in [3.05, 3.63) is 76.5 Å². The molecule has 0 bridgehead atoms. The Morgan fingerprint density at radius 1 is 1.11 bits per heavy atom. The van der Waals surface area contributed by atoms with E-state index in [2.05, 4.69) is 24.8 Å². The molecule has 11 nitrogen and oxygen atoms in total. The van der Waals surface area contributed by atoms with E-state index >= 15 is 0 Å². The lowest BCUT2D eigenvalue weighted by molar-refractivity contribution is 0.0264. The maximum atomic E-state index is 13.8. The number of para-hydroxylation sites is 1. The smallest absolute Gasteiger partial charge is 0.284 e. The molecule has 1 aliphatic rings. The largest absolute Gasteiger partial charge is 0.382 e. The van der Waals surface area contributed by atoms with Crippen molar-refractivity contribution in [1.82, 2.24) is 34.1 Å². The minimum absolute atomic E-state index is 0. The molecule has 4 aromatic heterocycles. The van der Waals surface area contributed by atoms with E-state index in [0.29, 0.717) is 65.2 Å². The predicted molar refractivity (Wildman–Crippen MR) is 155 cm³/mol. The van der Waals surface area contributed by atoms with Crippen LogP contribution in [0.15, 0.2) is 60.0 Å². The number of nitrogens with zero attached hydrogens (tertiary/aromatic N) is 7. The molecule has 5 heterocycles. The van der Waals surface area contributed by atoms with E-state index in [-0.39, 0.29) is 44.7 Å². The zero-order chi connectivity index (χ0) is 24.6. The summed E-state index contributed by atoms with van der Waals surface area (Å²) < 4.78 is 14.5. The molecule has 14 heteroatoms. The third-order valence-electron chi connectivity index (χ3n) is 6.35. The van der Waals surface area contributed by atoms with Crippen LogP contribution in [0.4, 0.5) is 5.82 Å². The van der Waals surface area contributed by atoms with Gasteiger partial charge in [0.05, 0.1) is 42.4 Å². The standard InChI is InChI=1S/C24H23ClN8O3.2H2S/c1-35-9-10-36-16-11-18(31(12-16)23-19-21(27-13-26-19)28-14-29-23)22-30-32-8-7-17(25)20(32)24(34)33(22)15-5-3-2-4-6-15;;/h2-8,13-14,16,18H,9-12H2,1H3,(H,26,27,28,29);2*1H2/t16-,18-;;/m0../s1. The van der Waals surface area contributed by atoms with Crippen LogP contribution in [0, 0.1) is 0 Å². The number of H-pyrrole nitrogens is 1. The summed E-state index contributed by atoms with van der Waals surface area (Å²) in [5, 5.41) is 5.24. The van der Waals surface area contributed by atoms with Crippen LogP contribution in [0.1, 0.15) is 18.3 Å². The minimum atomic E-state index is -0.336. The molecule has 1 fully saturated rings. The number of fused-ring (bicyclic) bond motifs is 2. The number of anilines is 1. The van der Waals surface area contributed by atoms with E-state index < -0.39 is 0 Å². The zero-order valence-corrected chi connectivity index (χ0v) is 23.2. The molecule has 1 aliphatic heterocycles. The first-order valence-electron chi connectivity index (χ1n) is 11.5. The summed E-state index contributed by atoms with van der Waals surface area (Å²) in [6.07, 6.45) is 5.22. The number of imidazole rings is 1. The summed E-state index contributed by atoms with van der Waals surface area (Å²) in [7, 11) is 1.64. The van der Waals surface area contributed by atoms with Gasteiger partial charge < -0.3 is 19.4 Å². The van der Waals surface area contributed by atoms with E-state index in [4.69, 9.17) is 26.2 Å². The SMILES string of the molecule is COCCO[C@H]1C[C@@H](c2nn3ccc(Cl)c3c(=O)n2-c2ccccc2)N(c2ncnc3nc[nH]c23)C1.S.S. The molecule has 6 rings (SSSR count). The number of aromatic amines is 1. The molecule has 0 saturated carbocycles. The second kappa shape index (κ2) is 11.7. The van der Waals surface area contributed by atoms with Crippen LogP contribution in [-0.4, -0.2) is 67.1 Å². The first kappa shape index (κ1) is 27.9. The van der Waals surface area contributed by atoms with Gasteiger partial charge in [0.15, 0.2) is 17.3 Å². The van der Waals surface area contributed by atoms with Gasteiger partial charge in [0.2, 0.25) is 0 Å². The van der Waals surface area contributed by atoms with Crippen molar-refractivity contribution in [2.45, 2.75) is 18.6 Å². The van der Waals surface area contributed by atoms with Crippen molar-refractivity contribution in [2.24, 2.45) is 0 Å². The van der Waals surface area contributed by atoms with Gasteiger partial charge in [-0.05, 0) is 18.2 Å². The van der Waals surface area contributed by atoms with Crippen molar-refractivity contribution >= 4 is 61.1 Å². The molecule has 0 unspecified atom stereocenters. The van der Waals surface area contributed by atoms with Gasteiger partial charge in [-0.15, -0.1) is 0 Å². The first-order valence-corrected chi connectivity index (χ1v) is 11.9. The highest BCUT2D eigenvalue weighted by atomic mass is 35.5. The van der Waals surface area contributed by atoms with Crippen LogP contribution in [0.2, 0.25) is 5.02 Å². The van der Waals surface area contributed by atoms with Crippen molar-refractivity contribution in [1.29, 1.82) is 0 Å². The van der Waals surface area contributed by atoms with Crippen LogP contribution in [-0.2, 0) is 9.47 Å². The lowest BCUT2D eigenvalue weighted by atomic mass is 10.1. The molecular formula is C24H27ClN8O3S2. The summed E-state index contributed by atoms with van der Waals surface area (Å²) in [6.45, 7) is 1.48. The van der Waals surface area contributed by atoms with Crippen LogP contribution in [0.5, 0.6) is 0 Å². The second-order valence-electron chi connectivity index (χ2n) is 8.48. The molecule has 2 atom stereocenters. The lowest BCUT2D eigenvalue weighted by Crippen LogP contribution is -2.33. The van der Waals surface area contributed by atoms with Crippen LogP contribution in [0.25, 0.3) is 22.4 Å². The Hall–Kier alpha value is -3.10. The Balaban J connectivity index is 0.00000168. The number of hydrogen-bond acceptors (Lipinski definition) is 8. The summed E-state index contributed by atoms with van der Waals surface area (Å²) in [4.78, 5) is 32.2. The normalized spacial score (nSPS) is 17.1. The third kappa shape index (κ3) is 4.87. The first-order chi connectivity index (χ1) is 17.7. The highest BCUT2D eigenvalue weighted by Gasteiger charge is 2.39. The number of methoxy groups -OCH3 is 1. The van der Waals surface area contributed by atoms with Gasteiger partial charge in [-0.1, -0.05) is 29.8 Å². The Labute approximate surface area is 236 Å². The molecule has 0 aliphatic carbocycles. The fourth-order valence-corrected chi connectivity index (χ4v) is 4.98. The number of ether oxygens (including phenoxy) is 2. The van der Waals surface area contributed by atoms with Gasteiger partial charge in [-0.2, -0.15) is 32.1 Å². The molecule has 0 radical (unpaired) electrons. The quantitative estimate of drug-likeness (QED) is 0.295. The van der Waals surface area contributed by atoms with Crippen molar-refractivity contribution in [2.75, 3.05) is 31.8 Å². The average Bonchev–Trinajstić information content (AvgIpc) is 3.63. The van der Waals surface area contributed by atoms with E-state index in [0.717, 1.165) is 0 Å². The monoisotopic (exact) mass is 574 g/mol. The number of aromatic nitrogens is 7. The molecule has 1 N–H and O–H groups in total. The van der Waals surface area contributed by atoms with E-state index in [1.54, 1.807) is 34.8 Å². The molecule has 0 amide bonds. The van der Waals surface area contributed by atoms with Crippen LogP contribution < -0.4 is 10.5 Å². The maximum absolute atomic E-state index is 13.8. The second-order valence-corrected chi connectivity index (χ2v) is 8.89. The summed E-state index contributed by atoms with van der Waals surface area (Å²) in [5.74, 6) is 1.22. The molecule has 0 spiro atoms. The molecule has 5 aromatic rings. The average molecular weight is 575 g/mol. The van der Waals surface area contributed by atoms with Crippen LogP contribution >= 0.6 is 38.6 Å². The van der Waals surface area contributed by atoms with Crippen LogP contribution in [0.3, 0.4) is 0 Å². The van der Waals surface area contributed by atoms with Gasteiger partial charge in [0.1, 0.15) is 17.4 Å². The van der Waals surface area contributed by atoms with Gasteiger partial charge in [-0.25, -0.2) is 19.5 Å². The highest BCUT2D eigenvalue weighted by Crippen LogP contribution is 2.38. The minimum Gasteiger partial charge on any atom is -0.382 e. The number of benzene rings is 1. The van der Waals surface area contributed by atoms with E-state index in [9.17, 15) is 4.79 Å². The molecule has 1 aromatic carbocycles. The third-order valence-corrected chi connectivity index (χ3v) is 6.66. The summed E-state index contributed by atoms with van der Waals surface area (Å²) in [5.41, 5.74) is 2.03. The fraction of sp³-hybridized carbons (Fsp3) is 0.292. The van der Waals surface area contributed by atoms with E-state index in [1.165, 1.54) is 6.33 Å². The Morgan fingerprint density at radius 3 is 2.71 bits per heavy atom. The fourth-order valence-electron chi connectivity index (χ4n) is 4.75. The number of nitrogens with one attached hydrogen (secondary N) is 1. The topological polar surface area (TPSA) is 115 Å². The van der Waals surface area contributed by atoms with Gasteiger partial charge in [0.25, 0.3) is 5.56 Å². The molecular weight excluding hydrogens is 548 g/mol. The Kier molecular flexibility index (Phi) is 8.63. The zero-order valence-electron chi connectivity index (χ0n) is 20.4. The van der Waals surface area contributed by atoms with Gasteiger partial charge in [0, 0.05) is 26.3 Å². The molecule has 200 valence electrons. The van der Waals surface area contributed by atoms with Crippen molar-refractivity contribution in [3.63, 3.8) is 0 Å². The van der Waals surface area contributed by atoms with Crippen molar-refractivity contribution < 1.29 is 9.47 Å².